The van der Waals surface area contributed by atoms with Crippen molar-refractivity contribution < 1.29 is 5.11 Å². The smallest absolute Gasteiger partial charge is 0.115 e. The van der Waals surface area contributed by atoms with Crippen LogP contribution in [0.15, 0.2) is 18.2 Å². The maximum absolute atomic E-state index is 10.4. The predicted octanol–water partition coefficient (Wildman–Crippen LogP) is 5.11. The highest BCUT2D eigenvalue weighted by atomic mass is 16.3. The van der Waals surface area contributed by atoms with Gasteiger partial charge in [-0.25, -0.2) is 0 Å². The van der Waals surface area contributed by atoms with E-state index < -0.39 is 0 Å². The molecule has 1 aliphatic carbocycles. The molecule has 0 spiro atoms. The van der Waals surface area contributed by atoms with Gasteiger partial charge in [-0.2, -0.15) is 0 Å². The molecule has 28 heavy (non-hydrogen) atoms. The number of fused-ring (bicyclic) bond motifs is 1. The summed E-state index contributed by atoms with van der Waals surface area (Å²) in [5, 5.41) is 14.3. The van der Waals surface area contributed by atoms with Crippen LogP contribution < -0.4 is 5.32 Å². The first-order chi connectivity index (χ1) is 13.6. The fourth-order valence-electron chi connectivity index (χ4n) is 6.21. The number of aromatic hydroxyl groups is 1. The summed E-state index contributed by atoms with van der Waals surface area (Å²) in [5.41, 5.74) is 3.09. The van der Waals surface area contributed by atoms with Crippen molar-refractivity contribution in [3.63, 3.8) is 0 Å². The Labute approximate surface area is 172 Å². The fourth-order valence-corrected chi connectivity index (χ4v) is 6.21. The monoisotopic (exact) mass is 386 g/mol. The molecule has 158 valence electrons. The summed E-state index contributed by atoms with van der Waals surface area (Å²) >= 11 is 0. The van der Waals surface area contributed by atoms with Gasteiger partial charge in [0.05, 0.1) is 0 Å². The molecule has 1 aromatic carbocycles. The van der Waals surface area contributed by atoms with Gasteiger partial charge in [-0.15, -0.1) is 0 Å². The van der Waals surface area contributed by atoms with Crippen LogP contribution in [0.2, 0.25) is 0 Å². The van der Waals surface area contributed by atoms with Crippen LogP contribution in [-0.2, 0) is 11.8 Å². The van der Waals surface area contributed by atoms with Crippen molar-refractivity contribution in [3.8, 4) is 5.75 Å². The van der Waals surface area contributed by atoms with Crippen LogP contribution in [-0.4, -0.2) is 42.7 Å². The Morgan fingerprint density at radius 2 is 2.04 bits per heavy atom. The first-order valence-electron chi connectivity index (χ1n) is 11.8. The second kappa shape index (κ2) is 9.63. The van der Waals surface area contributed by atoms with Crippen molar-refractivity contribution in [2.75, 3.05) is 26.7 Å². The standard InChI is InChI=1S/C25H42N2O/c1-5-8-15-27(4)16-14-25(22-17-21(28)12-11-19(22)6-2)13-9-10-23-24(25)20(7-3)18-26-23/h11-12,17,20,23-24,26,28H,5-10,13-16,18H2,1-4H3/t20-,23?,24?,25?/m1/s1. The van der Waals surface area contributed by atoms with Crippen LogP contribution in [0.25, 0.3) is 0 Å². The van der Waals surface area contributed by atoms with Crippen LogP contribution >= 0.6 is 0 Å². The average molecular weight is 387 g/mol. The number of hydrogen-bond acceptors (Lipinski definition) is 3. The van der Waals surface area contributed by atoms with Crippen LogP contribution in [0.4, 0.5) is 0 Å². The quantitative estimate of drug-likeness (QED) is 0.619. The van der Waals surface area contributed by atoms with Crippen molar-refractivity contribution in [1.82, 2.24) is 10.2 Å². The molecule has 3 heteroatoms. The lowest BCUT2D eigenvalue weighted by molar-refractivity contribution is 0.108. The number of benzene rings is 1. The van der Waals surface area contributed by atoms with Gasteiger partial charge in [0.1, 0.15) is 5.75 Å². The molecule has 2 fully saturated rings. The molecular formula is C25H42N2O. The van der Waals surface area contributed by atoms with Gasteiger partial charge in [-0.1, -0.05) is 46.1 Å². The van der Waals surface area contributed by atoms with Gasteiger partial charge < -0.3 is 15.3 Å². The lowest BCUT2D eigenvalue weighted by Gasteiger charge is -2.49. The number of phenols is 1. The number of hydrogen-bond donors (Lipinski definition) is 2. The SMILES string of the molecule is CCCCN(C)CCC1(c2cc(O)ccc2CC)CCCC2NC[C@@H](CC)C21. The second-order valence-corrected chi connectivity index (χ2v) is 9.36. The van der Waals surface area contributed by atoms with E-state index in [1.807, 2.05) is 6.07 Å². The summed E-state index contributed by atoms with van der Waals surface area (Å²) in [6, 6.07) is 6.83. The lowest BCUT2D eigenvalue weighted by Crippen LogP contribution is -2.49. The zero-order valence-electron chi connectivity index (χ0n) is 18.6. The van der Waals surface area contributed by atoms with E-state index in [-0.39, 0.29) is 5.41 Å². The zero-order chi connectivity index (χ0) is 20.1. The molecular weight excluding hydrogens is 344 g/mol. The first kappa shape index (κ1) is 21.6. The zero-order valence-corrected chi connectivity index (χ0v) is 18.6. The van der Waals surface area contributed by atoms with E-state index in [4.69, 9.17) is 0 Å². The Kier molecular flexibility index (Phi) is 7.44. The maximum Gasteiger partial charge on any atom is 0.115 e. The van der Waals surface area contributed by atoms with E-state index in [9.17, 15) is 5.11 Å². The third kappa shape index (κ3) is 4.26. The number of nitrogens with one attached hydrogen (secondary N) is 1. The summed E-state index contributed by atoms with van der Waals surface area (Å²) in [6.45, 7) is 10.4. The molecule has 0 amide bonds. The van der Waals surface area contributed by atoms with Gasteiger partial charge in [0.15, 0.2) is 0 Å². The molecule has 1 heterocycles. The Morgan fingerprint density at radius 1 is 1.21 bits per heavy atom. The minimum atomic E-state index is 0.192. The molecule has 3 rings (SSSR count). The molecule has 1 saturated heterocycles. The van der Waals surface area contributed by atoms with Crippen molar-refractivity contribution in [2.24, 2.45) is 11.8 Å². The summed E-state index contributed by atoms with van der Waals surface area (Å²) in [4.78, 5) is 2.53. The first-order valence-corrected chi connectivity index (χ1v) is 11.8. The highest BCUT2D eigenvalue weighted by Crippen LogP contribution is 2.53. The van der Waals surface area contributed by atoms with Gasteiger partial charge in [0, 0.05) is 11.5 Å². The molecule has 1 saturated carbocycles. The predicted molar refractivity (Wildman–Crippen MR) is 119 cm³/mol. The minimum Gasteiger partial charge on any atom is -0.508 e. The van der Waals surface area contributed by atoms with E-state index in [1.54, 1.807) is 0 Å². The largest absolute Gasteiger partial charge is 0.508 e. The van der Waals surface area contributed by atoms with Gasteiger partial charge in [-0.05, 0) is 93.9 Å². The molecule has 1 aromatic rings. The average Bonchev–Trinajstić information content (AvgIpc) is 3.15. The van der Waals surface area contributed by atoms with Gasteiger partial charge in [0.2, 0.25) is 0 Å². The highest BCUT2D eigenvalue weighted by Gasteiger charge is 2.52. The van der Waals surface area contributed by atoms with Crippen LogP contribution in [0.3, 0.4) is 0 Å². The third-order valence-corrected chi connectivity index (χ3v) is 7.73. The van der Waals surface area contributed by atoms with E-state index in [2.05, 4.69) is 50.2 Å². The van der Waals surface area contributed by atoms with Crippen LogP contribution in [0.1, 0.15) is 76.8 Å². The number of unbranched alkanes of at least 4 members (excludes halogenated alkanes) is 1. The van der Waals surface area contributed by atoms with Crippen molar-refractivity contribution in [1.29, 1.82) is 0 Å². The van der Waals surface area contributed by atoms with E-state index in [1.165, 1.54) is 69.2 Å². The van der Waals surface area contributed by atoms with Crippen molar-refractivity contribution in [3.05, 3.63) is 29.3 Å². The number of phenolic OH excluding ortho intramolecular Hbond substituents is 1. The summed E-state index contributed by atoms with van der Waals surface area (Å²) < 4.78 is 0. The molecule has 2 aliphatic rings. The van der Waals surface area contributed by atoms with Crippen LogP contribution in [0.5, 0.6) is 5.75 Å². The summed E-state index contributed by atoms with van der Waals surface area (Å²) in [5.74, 6) is 1.88. The maximum atomic E-state index is 10.4. The molecule has 3 nitrogen and oxygen atoms in total. The molecule has 4 atom stereocenters. The van der Waals surface area contributed by atoms with E-state index in [0.29, 0.717) is 17.7 Å². The Bertz CT molecular complexity index is 625. The molecule has 3 unspecified atom stereocenters. The number of aryl methyl sites for hydroxylation is 1. The molecule has 0 radical (unpaired) electrons. The highest BCUT2D eigenvalue weighted by molar-refractivity contribution is 5.42. The van der Waals surface area contributed by atoms with Crippen LogP contribution in [0, 0.1) is 11.8 Å². The Hall–Kier alpha value is -1.06. The molecule has 1 aliphatic heterocycles. The lowest BCUT2D eigenvalue weighted by atomic mass is 9.55. The topological polar surface area (TPSA) is 35.5 Å². The van der Waals surface area contributed by atoms with Gasteiger partial charge >= 0.3 is 0 Å². The Morgan fingerprint density at radius 3 is 2.75 bits per heavy atom. The summed E-state index contributed by atoms with van der Waals surface area (Å²) in [7, 11) is 2.29. The fraction of sp³-hybridized carbons (Fsp3) is 0.760. The number of rotatable bonds is 9. The molecule has 0 aromatic heterocycles. The van der Waals surface area contributed by atoms with Gasteiger partial charge in [-0.3, -0.25) is 0 Å². The summed E-state index contributed by atoms with van der Waals surface area (Å²) in [6.07, 6.45) is 9.92. The number of nitrogens with zero attached hydrogens (tertiary/aromatic N) is 1. The second-order valence-electron chi connectivity index (χ2n) is 9.36. The normalized spacial score (nSPS) is 30.0. The third-order valence-electron chi connectivity index (χ3n) is 7.73. The van der Waals surface area contributed by atoms with Crippen molar-refractivity contribution in [2.45, 2.75) is 83.6 Å². The van der Waals surface area contributed by atoms with E-state index in [0.717, 1.165) is 18.9 Å². The van der Waals surface area contributed by atoms with Crippen molar-refractivity contribution >= 4 is 0 Å². The van der Waals surface area contributed by atoms with E-state index >= 15 is 0 Å². The minimum absolute atomic E-state index is 0.192. The Balaban J connectivity index is 2.00. The molecule has 0 bridgehead atoms. The molecule has 2 N–H and O–H groups in total. The van der Waals surface area contributed by atoms with Gasteiger partial charge in [0.25, 0.3) is 0 Å².